The standard InChI is InChI=1S/C16H25BrN2O2/c1-16(2,3)19-7-5-18(6-8-19)11-12-9-13(17)15(20)14(10-12)21-4/h9-10,20H,5-8,11H2,1-4H3. The molecule has 118 valence electrons. The van der Waals surface area contributed by atoms with E-state index in [2.05, 4.69) is 46.5 Å². The van der Waals surface area contributed by atoms with Gasteiger partial charge in [0.05, 0.1) is 11.6 Å². The Morgan fingerprint density at radius 3 is 2.33 bits per heavy atom. The molecule has 0 atom stereocenters. The fourth-order valence-corrected chi connectivity index (χ4v) is 3.20. The molecule has 0 amide bonds. The van der Waals surface area contributed by atoms with E-state index < -0.39 is 0 Å². The van der Waals surface area contributed by atoms with Gasteiger partial charge in [0, 0.05) is 38.3 Å². The SMILES string of the molecule is COc1cc(CN2CCN(C(C)(C)C)CC2)cc(Br)c1O. The summed E-state index contributed by atoms with van der Waals surface area (Å²) in [5, 5.41) is 9.86. The van der Waals surface area contributed by atoms with Crippen LogP contribution < -0.4 is 4.74 Å². The van der Waals surface area contributed by atoms with Crippen LogP contribution in [0.2, 0.25) is 0 Å². The summed E-state index contributed by atoms with van der Waals surface area (Å²) in [5.74, 6) is 0.687. The number of nitrogens with zero attached hydrogens (tertiary/aromatic N) is 2. The van der Waals surface area contributed by atoms with Gasteiger partial charge in [0.15, 0.2) is 11.5 Å². The van der Waals surface area contributed by atoms with Crippen molar-refractivity contribution in [3.8, 4) is 11.5 Å². The first kappa shape index (κ1) is 16.6. The molecule has 1 N–H and O–H groups in total. The van der Waals surface area contributed by atoms with Gasteiger partial charge in [-0.05, 0) is 54.4 Å². The number of methoxy groups -OCH3 is 1. The normalized spacial score (nSPS) is 18.0. The van der Waals surface area contributed by atoms with Crippen LogP contribution in [0.5, 0.6) is 11.5 Å². The summed E-state index contributed by atoms with van der Waals surface area (Å²) < 4.78 is 5.90. The number of benzene rings is 1. The van der Waals surface area contributed by atoms with Gasteiger partial charge in [-0.1, -0.05) is 0 Å². The zero-order valence-corrected chi connectivity index (χ0v) is 14.9. The Labute approximate surface area is 135 Å². The largest absolute Gasteiger partial charge is 0.503 e. The molecule has 1 aliphatic rings. The molecule has 0 aromatic heterocycles. The van der Waals surface area contributed by atoms with Crippen LogP contribution in [0, 0.1) is 0 Å². The molecule has 21 heavy (non-hydrogen) atoms. The third-order valence-corrected chi connectivity index (χ3v) is 4.64. The molecule has 1 aliphatic heterocycles. The van der Waals surface area contributed by atoms with Gasteiger partial charge in [-0.3, -0.25) is 9.80 Å². The van der Waals surface area contributed by atoms with Gasteiger partial charge in [0.2, 0.25) is 0 Å². The van der Waals surface area contributed by atoms with E-state index in [1.807, 2.05) is 12.1 Å². The molecular formula is C16H25BrN2O2. The molecule has 0 bridgehead atoms. The molecule has 4 nitrogen and oxygen atoms in total. The highest BCUT2D eigenvalue weighted by atomic mass is 79.9. The Kier molecular flexibility index (Phi) is 5.17. The molecule has 0 radical (unpaired) electrons. The molecule has 5 heteroatoms. The maximum atomic E-state index is 9.86. The van der Waals surface area contributed by atoms with Gasteiger partial charge in [-0.25, -0.2) is 0 Å². The van der Waals surface area contributed by atoms with Crippen molar-refractivity contribution in [2.24, 2.45) is 0 Å². The summed E-state index contributed by atoms with van der Waals surface area (Å²) in [6.07, 6.45) is 0. The second kappa shape index (κ2) is 6.55. The van der Waals surface area contributed by atoms with Crippen molar-refractivity contribution < 1.29 is 9.84 Å². The minimum absolute atomic E-state index is 0.166. The quantitative estimate of drug-likeness (QED) is 0.902. The summed E-state index contributed by atoms with van der Waals surface area (Å²) in [5.41, 5.74) is 1.40. The number of rotatable bonds is 3. The average molecular weight is 357 g/mol. The van der Waals surface area contributed by atoms with Gasteiger partial charge < -0.3 is 9.84 Å². The fraction of sp³-hybridized carbons (Fsp3) is 0.625. The number of aromatic hydroxyl groups is 1. The molecule has 0 unspecified atom stereocenters. The Bertz CT molecular complexity index is 492. The summed E-state index contributed by atoms with van der Waals surface area (Å²) in [4.78, 5) is 4.97. The highest BCUT2D eigenvalue weighted by Crippen LogP contribution is 2.35. The second-order valence-electron chi connectivity index (χ2n) is 6.56. The number of hydrogen-bond acceptors (Lipinski definition) is 4. The molecule has 1 aromatic rings. The van der Waals surface area contributed by atoms with E-state index in [1.54, 1.807) is 7.11 Å². The van der Waals surface area contributed by atoms with Crippen molar-refractivity contribution in [2.75, 3.05) is 33.3 Å². The van der Waals surface area contributed by atoms with E-state index in [4.69, 9.17) is 4.74 Å². The van der Waals surface area contributed by atoms with Gasteiger partial charge in [0.25, 0.3) is 0 Å². The number of phenolic OH excluding ortho intramolecular Hbond substituents is 1. The first-order valence-corrected chi connectivity index (χ1v) is 8.13. The molecule has 2 rings (SSSR count). The molecule has 1 aromatic carbocycles. The highest BCUT2D eigenvalue weighted by molar-refractivity contribution is 9.10. The highest BCUT2D eigenvalue weighted by Gasteiger charge is 2.25. The fourth-order valence-electron chi connectivity index (χ4n) is 2.71. The lowest BCUT2D eigenvalue weighted by atomic mass is 10.0. The zero-order valence-electron chi connectivity index (χ0n) is 13.3. The van der Waals surface area contributed by atoms with Crippen molar-refractivity contribution >= 4 is 15.9 Å². The Morgan fingerprint density at radius 2 is 1.81 bits per heavy atom. The van der Waals surface area contributed by atoms with Crippen molar-refractivity contribution in [3.63, 3.8) is 0 Å². The maximum absolute atomic E-state index is 9.86. The van der Waals surface area contributed by atoms with Gasteiger partial charge in [-0.2, -0.15) is 0 Å². The van der Waals surface area contributed by atoms with Crippen molar-refractivity contribution in [2.45, 2.75) is 32.9 Å². The average Bonchev–Trinajstić information content (AvgIpc) is 2.42. The van der Waals surface area contributed by atoms with Crippen molar-refractivity contribution in [1.82, 2.24) is 9.80 Å². The number of ether oxygens (including phenoxy) is 1. The van der Waals surface area contributed by atoms with Crippen LogP contribution in [0.15, 0.2) is 16.6 Å². The number of phenols is 1. The predicted octanol–water partition coefficient (Wildman–Crippen LogP) is 3.08. The number of halogens is 1. The van der Waals surface area contributed by atoms with E-state index in [0.717, 1.165) is 38.3 Å². The Balaban J connectivity index is 1.99. The summed E-state index contributed by atoms with van der Waals surface area (Å²) >= 11 is 3.38. The van der Waals surface area contributed by atoms with Crippen LogP contribution in [0.3, 0.4) is 0 Å². The predicted molar refractivity (Wildman–Crippen MR) is 89.0 cm³/mol. The van der Waals surface area contributed by atoms with Crippen LogP contribution in [0.4, 0.5) is 0 Å². The first-order chi connectivity index (χ1) is 9.81. The summed E-state index contributed by atoms with van der Waals surface area (Å²) in [6.45, 7) is 12.0. The topological polar surface area (TPSA) is 35.9 Å². The van der Waals surface area contributed by atoms with Crippen molar-refractivity contribution in [1.29, 1.82) is 0 Å². The van der Waals surface area contributed by atoms with Crippen LogP contribution >= 0.6 is 15.9 Å². The maximum Gasteiger partial charge on any atom is 0.172 e. The minimum Gasteiger partial charge on any atom is -0.503 e. The molecule has 1 heterocycles. The lowest BCUT2D eigenvalue weighted by Crippen LogP contribution is -2.53. The molecule has 0 aliphatic carbocycles. The minimum atomic E-state index is 0.166. The van der Waals surface area contributed by atoms with E-state index in [9.17, 15) is 5.11 Å². The van der Waals surface area contributed by atoms with Crippen LogP contribution in [0.25, 0.3) is 0 Å². The Hall–Kier alpha value is -0.780. The van der Waals surface area contributed by atoms with Crippen LogP contribution in [-0.4, -0.2) is 53.7 Å². The number of hydrogen-bond donors (Lipinski definition) is 1. The van der Waals surface area contributed by atoms with Gasteiger partial charge in [0.1, 0.15) is 0 Å². The Morgan fingerprint density at radius 1 is 1.19 bits per heavy atom. The molecular weight excluding hydrogens is 332 g/mol. The van der Waals surface area contributed by atoms with Gasteiger partial charge >= 0.3 is 0 Å². The van der Waals surface area contributed by atoms with Crippen LogP contribution in [-0.2, 0) is 6.54 Å². The molecule has 0 spiro atoms. The van der Waals surface area contributed by atoms with E-state index in [1.165, 1.54) is 0 Å². The summed E-state index contributed by atoms with van der Waals surface area (Å²) in [6, 6.07) is 3.88. The molecule has 1 fully saturated rings. The number of piperazine rings is 1. The van der Waals surface area contributed by atoms with E-state index in [-0.39, 0.29) is 11.3 Å². The third kappa shape index (κ3) is 4.11. The smallest absolute Gasteiger partial charge is 0.172 e. The second-order valence-corrected chi connectivity index (χ2v) is 7.42. The zero-order chi connectivity index (χ0) is 15.6. The van der Waals surface area contributed by atoms with E-state index in [0.29, 0.717) is 10.2 Å². The first-order valence-electron chi connectivity index (χ1n) is 7.34. The van der Waals surface area contributed by atoms with E-state index >= 15 is 0 Å². The van der Waals surface area contributed by atoms with Crippen molar-refractivity contribution in [3.05, 3.63) is 22.2 Å². The third-order valence-electron chi connectivity index (χ3n) is 4.04. The monoisotopic (exact) mass is 356 g/mol. The van der Waals surface area contributed by atoms with Crippen LogP contribution in [0.1, 0.15) is 26.3 Å². The lowest BCUT2D eigenvalue weighted by molar-refractivity contribution is 0.0590. The lowest BCUT2D eigenvalue weighted by Gasteiger charge is -2.42. The molecule has 1 saturated heterocycles. The molecule has 0 saturated carbocycles. The summed E-state index contributed by atoms with van der Waals surface area (Å²) in [7, 11) is 1.58. The van der Waals surface area contributed by atoms with Gasteiger partial charge in [-0.15, -0.1) is 0 Å².